The zero-order valence-electron chi connectivity index (χ0n) is 7.83. The Morgan fingerprint density at radius 1 is 1.40 bits per heavy atom. The summed E-state index contributed by atoms with van der Waals surface area (Å²) in [6.07, 6.45) is 2.59. The SMILES string of the molecule is COc1cc(Br)c(/C=C/C(=O)O)cc1Br. The minimum Gasteiger partial charge on any atom is -0.496 e. The first-order chi connectivity index (χ1) is 7.04. The van der Waals surface area contributed by atoms with E-state index in [4.69, 9.17) is 9.84 Å². The summed E-state index contributed by atoms with van der Waals surface area (Å²) in [5.41, 5.74) is 0.769. The van der Waals surface area contributed by atoms with E-state index in [1.807, 2.05) is 0 Å². The Kier molecular flexibility index (Phi) is 4.35. The quantitative estimate of drug-likeness (QED) is 0.862. The van der Waals surface area contributed by atoms with Crippen molar-refractivity contribution in [3.05, 3.63) is 32.7 Å². The topological polar surface area (TPSA) is 46.5 Å². The molecule has 80 valence electrons. The number of hydrogen-bond donors (Lipinski definition) is 1. The minimum atomic E-state index is -0.978. The number of carboxylic acids is 1. The maximum atomic E-state index is 10.4. The predicted octanol–water partition coefficient (Wildman–Crippen LogP) is 3.32. The number of aliphatic carboxylic acids is 1. The molecule has 1 rings (SSSR count). The standard InChI is InChI=1S/C10H8Br2O3/c1-15-9-5-7(11)6(4-8(9)12)2-3-10(13)14/h2-5H,1H3,(H,13,14)/b3-2+. The molecule has 0 unspecified atom stereocenters. The van der Waals surface area contributed by atoms with Crippen LogP contribution < -0.4 is 4.74 Å². The summed E-state index contributed by atoms with van der Waals surface area (Å²) in [5, 5.41) is 8.50. The second-order valence-corrected chi connectivity index (χ2v) is 4.39. The zero-order chi connectivity index (χ0) is 11.4. The van der Waals surface area contributed by atoms with Gasteiger partial charge in [0, 0.05) is 10.5 Å². The van der Waals surface area contributed by atoms with Gasteiger partial charge in [-0.15, -0.1) is 0 Å². The predicted molar refractivity (Wildman–Crippen MR) is 65.1 cm³/mol. The van der Waals surface area contributed by atoms with Crippen LogP contribution in [0.5, 0.6) is 5.75 Å². The Morgan fingerprint density at radius 3 is 2.60 bits per heavy atom. The molecule has 0 aliphatic heterocycles. The molecular weight excluding hydrogens is 328 g/mol. The fourth-order valence-corrected chi connectivity index (χ4v) is 1.97. The average molecular weight is 336 g/mol. The number of hydrogen-bond acceptors (Lipinski definition) is 2. The molecule has 3 nitrogen and oxygen atoms in total. The fourth-order valence-electron chi connectivity index (χ4n) is 0.989. The lowest BCUT2D eigenvalue weighted by Gasteiger charge is -2.06. The third-order valence-electron chi connectivity index (χ3n) is 1.68. The molecule has 15 heavy (non-hydrogen) atoms. The molecule has 0 fully saturated rings. The molecule has 0 spiro atoms. The van der Waals surface area contributed by atoms with Gasteiger partial charge in [0.2, 0.25) is 0 Å². The maximum Gasteiger partial charge on any atom is 0.328 e. The van der Waals surface area contributed by atoms with E-state index in [1.54, 1.807) is 19.2 Å². The molecular formula is C10H8Br2O3. The lowest BCUT2D eigenvalue weighted by atomic mass is 10.2. The van der Waals surface area contributed by atoms with Gasteiger partial charge in [-0.3, -0.25) is 0 Å². The van der Waals surface area contributed by atoms with Gasteiger partial charge in [0.15, 0.2) is 0 Å². The molecule has 0 radical (unpaired) electrons. The lowest BCUT2D eigenvalue weighted by Crippen LogP contribution is -1.88. The normalized spacial score (nSPS) is 10.6. The van der Waals surface area contributed by atoms with E-state index in [9.17, 15) is 4.79 Å². The van der Waals surface area contributed by atoms with Gasteiger partial charge in [0.25, 0.3) is 0 Å². The maximum absolute atomic E-state index is 10.4. The Morgan fingerprint density at radius 2 is 2.07 bits per heavy atom. The number of carboxylic acid groups (broad SMARTS) is 1. The Bertz CT molecular complexity index is 413. The van der Waals surface area contributed by atoms with Crippen LogP contribution in [-0.4, -0.2) is 18.2 Å². The van der Waals surface area contributed by atoms with Crippen molar-refractivity contribution in [1.82, 2.24) is 0 Å². The van der Waals surface area contributed by atoms with Gasteiger partial charge in [-0.2, -0.15) is 0 Å². The molecule has 0 amide bonds. The molecule has 0 aliphatic carbocycles. The molecule has 0 heterocycles. The van der Waals surface area contributed by atoms with Crippen molar-refractivity contribution in [2.75, 3.05) is 7.11 Å². The van der Waals surface area contributed by atoms with Crippen LogP contribution in [0.2, 0.25) is 0 Å². The van der Waals surface area contributed by atoms with Crippen LogP contribution >= 0.6 is 31.9 Å². The van der Waals surface area contributed by atoms with Gasteiger partial charge in [-0.05, 0) is 39.7 Å². The van der Waals surface area contributed by atoms with Crippen molar-refractivity contribution in [1.29, 1.82) is 0 Å². The molecule has 1 aromatic carbocycles. The summed E-state index contributed by atoms with van der Waals surface area (Å²) < 4.78 is 6.64. The van der Waals surface area contributed by atoms with E-state index in [0.717, 1.165) is 20.6 Å². The summed E-state index contributed by atoms with van der Waals surface area (Å²) >= 11 is 6.65. The summed E-state index contributed by atoms with van der Waals surface area (Å²) in [4.78, 5) is 10.4. The van der Waals surface area contributed by atoms with Gasteiger partial charge in [-0.1, -0.05) is 15.9 Å². The van der Waals surface area contributed by atoms with Crippen LogP contribution in [0, 0.1) is 0 Å². The van der Waals surface area contributed by atoms with Gasteiger partial charge in [0.05, 0.1) is 11.6 Å². The molecule has 0 bridgehead atoms. The van der Waals surface area contributed by atoms with Crippen LogP contribution in [0.1, 0.15) is 5.56 Å². The van der Waals surface area contributed by atoms with Crippen LogP contribution in [0.4, 0.5) is 0 Å². The number of ether oxygens (including phenoxy) is 1. The smallest absolute Gasteiger partial charge is 0.328 e. The van der Waals surface area contributed by atoms with Crippen molar-refractivity contribution in [2.45, 2.75) is 0 Å². The number of carbonyl (C=O) groups is 1. The van der Waals surface area contributed by atoms with Crippen molar-refractivity contribution >= 4 is 43.9 Å². The van der Waals surface area contributed by atoms with E-state index < -0.39 is 5.97 Å². The first-order valence-corrected chi connectivity index (χ1v) is 5.57. The van der Waals surface area contributed by atoms with Crippen LogP contribution in [0.25, 0.3) is 6.08 Å². The number of rotatable bonds is 3. The summed E-state index contributed by atoms with van der Waals surface area (Å²) in [6.45, 7) is 0. The molecule has 0 aromatic heterocycles. The van der Waals surface area contributed by atoms with Gasteiger partial charge >= 0.3 is 5.97 Å². The van der Waals surface area contributed by atoms with Gasteiger partial charge < -0.3 is 9.84 Å². The molecule has 1 N–H and O–H groups in total. The molecule has 0 atom stereocenters. The van der Waals surface area contributed by atoms with Crippen molar-refractivity contribution < 1.29 is 14.6 Å². The van der Waals surface area contributed by atoms with E-state index in [-0.39, 0.29) is 0 Å². The highest BCUT2D eigenvalue weighted by molar-refractivity contribution is 9.11. The largest absolute Gasteiger partial charge is 0.496 e. The Balaban J connectivity index is 3.10. The number of halogens is 2. The molecule has 0 saturated heterocycles. The van der Waals surface area contributed by atoms with Crippen molar-refractivity contribution in [3.8, 4) is 5.75 Å². The Labute approximate surface area is 104 Å². The van der Waals surface area contributed by atoms with E-state index in [1.165, 1.54) is 6.08 Å². The first kappa shape index (κ1) is 12.3. The van der Waals surface area contributed by atoms with Crippen LogP contribution in [-0.2, 0) is 4.79 Å². The third-order valence-corrected chi connectivity index (χ3v) is 2.98. The first-order valence-electron chi connectivity index (χ1n) is 3.98. The highest BCUT2D eigenvalue weighted by Crippen LogP contribution is 2.32. The van der Waals surface area contributed by atoms with Crippen molar-refractivity contribution in [2.24, 2.45) is 0 Å². The lowest BCUT2D eigenvalue weighted by molar-refractivity contribution is -0.131. The number of benzene rings is 1. The third kappa shape index (κ3) is 3.35. The second kappa shape index (κ2) is 5.32. The fraction of sp³-hybridized carbons (Fsp3) is 0.100. The average Bonchev–Trinajstić information content (AvgIpc) is 2.18. The minimum absolute atomic E-state index is 0.689. The Hall–Kier alpha value is -0.810. The molecule has 5 heteroatoms. The van der Waals surface area contributed by atoms with E-state index in [2.05, 4.69) is 31.9 Å². The van der Waals surface area contributed by atoms with Gasteiger partial charge in [0.1, 0.15) is 5.75 Å². The molecule has 0 saturated carbocycles. The molecule has 0 aliphatic rings. The van der Waals surface area contributed by atoms with Crippen LogP contribution in [0.3, 0.4) is 0 Å². The van der Waals surface area contributed by atoms with E-state index >= 15 is 0 Å². The summed E-state index contributed by atoms with van der Waals surface area (Å²) in [6, 6.07) is 3.55. The van der Waals surface area contributed by atoms with E-state index in [0.29, 0.717) is 5.75 Å². The molecule has 1 aromatic rings. The monoisotopic (exact) mass is 334 g/mol. The van der Waals surface area contributed by atoms with Crippen LogP contribution in [0.15, 0.2) is 27.2 Å². The number of methoxy groups -OCH3 is 1. The van der Waals surface area contributed by atoms with Gasteiger partial charge in [-0.25, -0.2) is 4.79 Å². The zero-order valence-corrected chi connectivity index (χ0v) is 11.0. The second-order valence-electron chi connectivity index (χ2n) is 2.68. The highest BCUT2D eigenvalue weighted by atomic mass is 79.9. The summed E-state index contributed by atoms with van der Waals surface area (Å²) in [7, 11) is 1.57. The summed E-state index contributed by atoms with van der Waals surface area (Å²) in [5.74, 6) is -0.289. The highest BCUT2D eigenvalue weighted by Gasteiger charge is 2.05. The van der Waals surface area contributed by atoms with Crippen molar-refractivity contribution in [3.63, 3.8) is 0 Å².